The first kappa shape index (κ1) is 16.8. The smallest absolute Gasteiger partial charge is 0.134 e. The fourth-order valence-corrected chi connectivity index (χ4v) is 2.71. The Hall–Kier alpha value is -2.02. The second-order valence-electron chi connectivity index (χ2n) is 6.23. The fourth-order valence-electron chi connectivity index (χ4n) is 2.71. The molecule has 128 valence electrons. The number of hydrogen-bond donors (Lipinski definition) is 1. The molecule has 0 unspecified atom stereocenters. The summed E-state index contributed by atoms with van der Waals surface area (Å²) in [6.07, 6.45) is 3.65. The molecule has 0 amide bonds. The Bertz CT molecular complexity index is 636. The van der Waals surface area contributed by atoms with Crippen LogP contribution in [0, 0.1) is 6.92 Å². The van der Waals surface area contributed by atoms with Crippen molar-refractivity contribution < 1.29 is 14.6 Å². The summed E-state index contributed by atoms with van der Waals surface area (Å²) < 4.78 is 11.3. The van der Waals surface area contributed by atoms with Crippen LogP contribution in [-0.2, 0) is 11.3 Å². The minimum absolute atomic E-state index is 0.192. The third kappa shape index (κ3) is 4.74. The first-order chi connectivity index (χ1) is 11.6. The van der Waals surface area contributed by atoms with Gasteiger partial charge in [-0.15, -0.1) is 0 Å². The summed E-state index contributed by atoms with van der Waals surface area (Å²) in [5.41, 5.74) is -0.0217. The predicted octanol–water partition coefficient (Wildman–Crippen LogP) is 1.43. The van der Waals surface area contributed by atoms with E-state index in [1.807, 2.05) is 49.6 Å². The minimum Gasteiger partial charge on any atom is -0.490 e. The molecule has 6 nitrogen and oxygen atoms in total. The van der Waals surface area contributed by atoms with Crippen LogP contribution in [0.2, 0.25) is 0 Å². The first-order valence-corrected chi connectivity index (χ1v) is 8.11. The molecular weight excluding hydrogens is 306 g/mol. The molecule has 2 aromatic rings. The van der Waals surface area contributed by atoms with Crippen molar-refractivity contribution in [3.8, 4) is 5.75 Å². The fraction of sp³-hybridized carbons (Fsp3) is 0.444. The number of aryl methyl sites for hydroxylation is 1. The van der Waals surface area contributed by atoms with E-state index in [9.17, 15) is 5.11 Å². The van der Waals surface area contributed by atoms with Crippen molar-refractivity contribution in [2.75, 3.05) is 32.9 Å². The van der Waals surface area contributed by atoms with Crippen molar-refractivity contribution in [1.29, 1.82) is 0 Å². The van der Waals surface area contributed by atoms with Crippen molar-refractivity contribution in [2.24, 2.45) is 0 Å². The normalized spacial score (nSPS) is 22.1. The second-order valence-corrected chi connectivity index (χ2v) is 6.23. The Balaban J connectivity index is 1.61. The summed E-state index contributed by atoms with van der Waals surface area (Å²) in [5, 5.41) is 10.9. The van der Waals surface area contributed by atoms with Gasteiger partial charge in [0.15, 0.2) is 0 Å². The zero-order valence-electron chi connectivity index (χ0n) is 13.9. The molecule has 1 atom stereocenters. The topological polar surface area (TPSA) is 67.7 Å². The third-order valence-electron chi connectivity index (χ3n) is 3.93. The van der Waals surface area contributed by atoms with E-state index in [4.69, 9.17) is 9.47 Å². The summed E-state index contributed by atoms with van der Waals surface area (Å²) in [6, 6.07) is 9.51. The lowest BCUT2D eigenvalue weighted by atomic mass is 10.1. The maximum Gasteiger partial charge on any atom is 0.134 e. The lowest BCUT2D eigenvalue weighted by Crippen LogP contribution is -2.48. The molecule has 1 aromatic carbocycles. The molecule has 0 spiro atoms. The van der Waals surface area contributed by atoms with Crippen molar-refractivity contribution in [1.82, 2.24) is 14.9 Å². The van der Waals surface area contributed by atoms with Crippen LogP contribution >= 0.6 is 0 Å². The number of β-amino-alcohol motifs (C(OH)–C–C–N with tert-alkyl or cyclic N) is 1. The van der Waals surface area contributed by atoms with Crippen LogP contribution in [0.3, 0.4) is 0 Å². The highest BCUT2D eigenvalue weighted by Gasteiger charge is 2.33. The van der Waals surface area contributed by atoms with Crippen molar-refractivity contribution >= 4 is 0 Å². The molecular formula is C18H23N3O3. The van der Waals surface area contributed by atoms with Gasteiger partial charge in [-0.05, 0) is 19.1 Å². The van der Waals surface area contributed by atoms with Crippen molar-refractivity contribution in [3.05, 3.63) is 54.1 Å². The van der Waals surface area contributed by atoms with E-state index in [2.05, 4.69) is 14.9 Å². The number of para-hydroxylation sites is 1. The molecule has 24 heavy (non-hydrogen) atoms. The highest BCUT2D eigenvalue weighted by atomic mass is 16.5. The van der Waals surface area contributed by atoms with Gasteiger partial charge in [-0.1, -0.05) is 18.2 Å². The maximum absolute atomic E-state index is 10.9. The Labute approximate surface area is 142 Å². The number of ether oxygens (including phenoxy) is 2. The van der Waals surface area contributed by atoms with Gasteiger partial charge >= 0.3 is 0 Å². The van der Waals surface area contributed by atoms with Gasteiger partial charge in [0.25, 0.3) is 0 Å². The lowest BCUT2D eigenvalue weighted by molar-refractivity contribution is -0.0646. The van der Waals surface area contributed by atoms with Gasteiger partial charge in [0.2, 0.25) is 0 Å². The van der Waals surface area contributed by atoms with Crippen molar-refractivity contribution in [2.45, 2.75) is 19.1 Å². The van der Waals surface area contributed by atoms with Gasteiger partial charge in [-0.25, -0.2) is 9.97 Å². The Morgan fingerprint density at radius 2 is 2.00 bits per heavy atom. The van der Waals surface area contributed by atoms with Gasteiger partial charge in [0, 0.05) is 37.6 Å². The Kier molecular flexibility index (Phi) is 5.40. The number of aromatic nitrogens is 2. The molecule has 1 aliphatic heterocycles. The van der Waals surface area contributed by atoms with E-state index in [-0.39, 0.29) is 13.2 Å². The third-order valence-corrected chi connectivity index (χ3v) is 3.93. The molecule has 0 saturated carbocycles. The monoisotopic (exact) mass is 329 g/mol. The van der Waals surface area contributed by atoms with Gasteiger partial charge < -0.3 is 14.6 Å². The maximum atomic E-state index is 10.9. The van der Waals surface area contributed by atoms with Crippen molar-refractivity contribution in [3.63, 3.8) is 0 Å². The molecule has 2 heterocycles. The van der Waals surface area contributed by atoms with E-state index in [1.165, 1.54) is 0 Å². The molecule has 0 bridgehead atoms. The summed E-state index contributed by atoms with van der Waals surface area (Å²) in [4.78, 5) is 10.6. The average Bonchev–Trinajstić information content (AvgIpc) is 2.78. The standard InChI is InChI=1S/C18H23N3O3/c1-15-19-9-16(10-20-15)11-21-7-8-23-13-18(22,12-21)14-24-17-5-3-2-4-6-17/h2-6,9-10,22H,7-8,11-14H2,1H3/t18-/m0/s1. The molecule has 1 aromatic heterocycles. The predicted molar refractivity (Wildman–Crippen MR) is 89.8 cm³/mol. The highest BCUT2D eigenvalue weighted by Crippen LogP contribution is 2.17. The number of nitrogens with zero attached hydrogens (tertiary/aromatic N) is 3. The van der Waals surface area contributed by atoms with Crippen LogP contribution in [0.15, 0.2) is 42.7 Å². The molecule has 3 rings (SSSR count). The summed E-state index contributed by atoms with van der Waals surface area (Å²) in [7, 11) is 0. The highest BCUT2D eigenvalue weighted by molar-refractivity contribution is 5.21. The zero-order valence-corrected chi connectivity index (χ0v) is 13.9. The summed E-state index contributed by atoms with van der Waals surface area (Å²) >= 11 is 0. The summed E-state index contributed by atoms with van der Waals surface area (Å²) in [6.45, 7) is 4.81. The van der Waals surface area contributed by atoms with Gasteiger partial charge in [-0.3, -0.25) is 4.90 Å². The first-order valence-electron chi connectivity index (χ1n) is 8.11. The van der Waals surface area contributed by atoms with E-state index in [1.54, 1.807) is 0 Å². The van der Waals surface area contributed by atoms with Crippen LogP contribution < -0.4 is 4.74 Å². The van der Waals surface area contributed by atoms with Gasteiger partial charge in [0.05, 0.1) is 13.2 Å². The molecule has 1 aliphatic rings. The quantitative estimate of drug-likeness (QED) is 0.895. The Morgan fingerprint density at radius 3 is 2.75 bits per heavy atom. The molecule has 1 N–H and O–H groups in total. The molecule has 0 aliphatic carbocycles. The molecule has 1 fully saturated rings. The van der Waals surface area contributed by atoms with E-state index >= 15 is 0 Å². The summed E-state index contributed by atoms with van der Waals surface area (Å²) in [5.74, 6) is 1.50. The van der Waals surface area contributed by atoms with Gasteiger partial charge in [0.1, 0.15) is 23.8 Å². The van der Waals surface area contributed by atoms with Gasteiger partial charge in [-0.2, -0.15) is 0 Å². The number of rotatable bonds is 5. The minimum atomic E-state index is -1.04. The van der Waals surface area contributed by atoms with E-state index in [0.717, 1.165) is 23.7 Å². The average molecular weight is 329 g/mol. The number of benzene rings is 1. The SMILES string of the molecule is Cc1ncc(CN2CCOC[C@](O)(COc3ccccc3)C2)cn1. The van der Waals surface area contributed by atoms with Crippen LogP contribution in [0.1, 0.15) is 11.4 Å². The van der Waals surface area contributed by atoms with E-state index in [0.29, 0.717) is 19.7 Å². The van der Waals surface area contributed by atoms with Crippen LogP contribution in [0.25, 0.3) is 0 Å². The molecule has 6 heteroatoms. The van der Waals surface area contributed by atoms with Crippen LogP contribution in [0.5, 0.6) is 5.75 Å². The number of aliphatic hydroxyl groups is 1. The molecule has 0 radical (unpaired) electrons. The van der Waals surface area contributed by atoms with Crippen LogP contribution in [-0.4, -0.2) is 58.5 Å². The molecule has 1 saturated heterocycles. The Morgan fingerprint density at radius 1 is 1.25 bits per heavy atom. The lowest BCUT2D eigenvalue weighted by Gasteiger charge is -2.30. The largest absolute Gasteiger partial charge is 0.490 e. The zero-order chi connectivity index (χ0) is 16.8. The van der Waals surface area contributed by atoms with Crippen LogP contribution in [0.4, 0.5) is 0 Å². The van der Waals surface area contributed by atoms with E-state index < -0.39 is 5.60 Å². The number of hydrogen-bond acceptors (Lipinski definition) is 6. The second kappa shape index (κ2) is 7.70.